The zero-order valence-corrected chi connectivity index (χ0v) is 19.1. The van der Waals surface area contributed by atoms with E-state index in [0.717, 1.165) is 12.5 Å². The Hall–Kier alpha value is -3.89. The molecule has 36 heavy (non-hydrogen) atoms. The largest absolute Gasteiger partial charge is 0.416 e. The monoisotopic (exact) mass is 523 g/mol. The highest BCUT2D eigenvalue weighted by Gasteiger charge is 2.37. The maximum absolute atomic E-state index is 13.4. The maximum atomic E-state index is 13.4. The zero-order chi connectivity index (χ0) is 26.3. The third-order valence-electron chi connectivity index (χ3n) is 5.14. The number of alkyl halides is 6. The van der Waals surface area contributed by atoms with Crippen molar-refractivity contribution in [3.8, 4) is 11.3 Å². The second kappa shape index (κ2) is 8.96. The van der Waals surface area contributed by atoms with E-state index in [9.17, 15) is 34.8 Å². The lowest BCUT2D eigenvalue weighted by Crippen LogP contribution is -2.11. The zero-order valence-electron chi connectivity index (χ0n) is 18.3. The van der Waals surface area contributed by atoms with Gasteiger partial charge in [0.2, 0.25) is 0 Å². The Morgan fingerprint density at radius 3 is 2.19 bits per heavy atom. The van der Waals surface area contributed by atoms with Gasteiger partial charge in [-0.25, -0.2) is 13.4 Å². The summed E-state index contributed by atoms with van der Waals surface area (Å²) in [4.78, 5) is 7.95. The van der Waals surface area contributed by atoms with Gasteiger partial charge in [-0.15, -0.1) is 0 Å². The molecule has 0 atom stereocenters. The van der Waals surface area contributed by atoms with Gasteiger partial charge in [-0.1, -0.05) is 23.9 Å². The summed E-state index contributed by atoms with van der Waals surface area (Å²) in [5.74, 6) is 0. The summed E-state index contributed by atoms with van der Waals surface area (Å²) in [5, 5.41) is 0. The topological polar surface area (TPSA) is 64.3 Å². The fourth-order valence-corrected chi connectivity index (χ4v) is 4.44. The van der Waals surface area contributed by atoms with E-state index in [2.05, 4.69) is 15.7 Å². The van der Waals surface area contributed by atoms with Gasteiger partial charge in [-0.05, 0) is 30.3 Å². The van der Waals surface area contributed by atoms with Crippen LogP contribution in [0.5, 0.6) is 0 Å². The Bertz CT molecular complexity index is 1540. The van der Waals surface area contributed by atoms with Gasteiger partial charge in [0.25, 0.3) is 0 Å². The lowest BCUT2D eigenvalue weighted by atomic mass is 10.0. The van der Waals surface area contributed by atoms with E-state index < -0.39 is 33.3 Å². The van der Waals surface area contributed by atoms with Crippen LogP contribution >= 0.6 is 0 Å². The first-order valence-electron chi connectivity index (χ1n) is 10.1. The lowest BCUT2D eigenvalue weighted by molar-refractivity contribution is -0.143. The van der Waals surface area contributed by atoms with Gasteiger partial charge in [-0.3, -0.25) is 9.56 Å². The molecule has 1 aromatic heterocycles. The standard InChI is InChI=1S/C24H15F6N3O2S/c1-36(34,35)22-5-3-2-4-20(22)15-6-7-31-12-19(10-15)33-14-32-13-21(33)16-8-17(23(25,26)27)11-18(9-16)24(28,29)30/h2-9,11-14H,1H3. The van der Waals surface area contributed by atoms with Crippen LogP contribution in [0.15, 0.2) is 82.9 Å². The van der Waals surface area contributed by atoms with E-state index >= 15 is 0 Å². The van der Waals surface area contributed by atoms with E-state index in [1.54, 1.807) is 18.2 Å². The Morgan fingerprint density at radius 1 is 0.944 bits per heavy atom. The van der Waals surface area contributed by atoms with Crippen LogP contribution in [-0.4, -0.2) is 30.4 Å². The minimum atomic E-state index is -5.02. The van der Waals surface area contributed by atoms with Gasteiger partial charge in [0.05, 0.1) is 34.1 Å². The molecule has 0 unspecified atom stereocenters. The highest BCUT2D eigenvalue weighted by Crippen LogP contribution is 2.39. The molecule has 0 saturated heterocycles. The van der Waals surface area contributed by atoms with Crippen LogP contribution in [0.4, 0.5) is 26.3 Å². The van der Waals surface area contributed by atoms with Gasteiger partial charge in [0, 0.05) is 29.2 Å². The smallest absolute Gasteiger partial charge is 0.291 e. The highest BCUT2D eigenvalue weighted by molar-refractivity contribution is 7.90. The molecule has 0 aliphatic carbocycles. The maximum Gasteiger partial charge on any atom is 0.416 e. The highest BCUT2D eigenvalue weighted by atomic mass is 32.2. The molecule has 0 spiro atoms. The Labute approximate surface area is 201 Å². The molecule has 5 nitrogen and oxygen atoms in total. The van der Waals surface area contributed by atoms with Crippen LogP contribution in [0.1, 0.15) is 16.7 Å². The summed E-state index contributed by atoms with van der Waals surface area (Å²) in [5.41, 5.74) is 0.234. The van der Waals surface area contributed by atoms with Crippen molar-refractivity contribution in [3.63, 3.8) is 0 Å². The van der Waals surface area contributed by atoms with Crippen LogP contribution in [0, 0.1) is 0 Å². The number of allylic oxidation sites excluding steroid dienone is 2. The van der Waals surface area contributed by atoms with Crippen LogP contribution in [0.25, 0.3) is 22.5 Å². The molecule has 0 bridgehead atoms. The van der Waals surface area contributed by atoms with Crippen LogP contribution in [0.3, 0.4) is 0 Å². The SMILES string of the molecule is CS(=O)(=O)c1ccccc1C1=C=C(n2cncc2-c2cc(C(F)(F)F)cc(C(F)(F)F)c2)C=NC=C1. The molecule has 1 aliphatic heterocycles. The number of aliphatic imine (C=N–C) groups is 1. The van der Waals surface area contributed by atoms with Gasteiger partial charge < -0.3 is 0 Å². The Morgan fingerprint density at radius 2 is 1.58 bits per heavy atom. The number of sulfone groups is 1. The van der Waals surface area contributed by atoms with E-state index in [0.29, 0.717) is 17.7 Å². The predicted octanol–water partition coefficient (Wildman–Crippen LogP) is 6.11. The second-order valence-electron chi connectivity index (χ2n) is 7.73. The number of hydrogen-bond donors (Lipinski definition) is 0. The van der Waals surface area contributed by atoms with Crippen LogP contribution < -0.4 is 0 Å². The quantitative estimate of drug-likeness (QED) is 0.306. The summed E-state index contributed by atoms with van der Waals surface area (Å²) in [6.45, 7) is 0. The van der Waals surface area contributed by atoms with Gasteiger partial charge >= 0.3 is 12.4 Å². The molecule has 12 heteroatoms. The van der Waals surface area contributed by atoms with Gasteiger partial charge in [-0.2, -0.15) is 26.3 Å². The van der Waals surface area contributed by atoms with Crippen molar-refractivity contribution in [2.45, 2.75) is 17.2 Å². The first kappa shape index (κ1) is 25.2. The number of hydrogen-bond acceptors (Lipinski definition) is 4. The molecule has 2 heterocycles. The third-order valence-corrected chi connectivity index (χ3v) is 6.30. The normalized spacial score (nSPS) is 14.4. The second-order valence-corrected chi connectivity index (χ2v) is 9.71. The van der Waals surface area contributed by atoms with Crippen LogP contribution in [-0.2, 0) is 22.2 Å². The van der Waals surface area contributed by atoms with Crippen molar-refractivity contribution in [2.75, 3.05) is 6.26 Å². The number of rotatable bonds is 4. The minimum Gasteiger partial charge on any atom is -0.291 e. The fourth-order valence-electron chi connectivity index (χ4n) is 3.54. The Kier molecular flexibility index (Phi) is 6.27. The molecule has 0 N–H and O–H groups in total. The predicted molar refractivity (Wildman–Crippen MR) is 121 cm³/mol. The van der Waals surface area contributed by atoms with E-state index in [-0.39, 0.29) is 33.5 Å². The van der Waals surface area contributed by atoms with Crippen molar-refractivity contribution in [1.82, 2.24) is 9.55 Å². The molecule has 0 fully saturated rings. The summed E-state index contributed by atoms with van der Waals surface area (Å²) in [6.07, 6.45) is -2.59. The molecule has 2 aromatic carbocycles. The molecular weight excluding hydrogens is 508 g/mol. The molecular formula is C24H15F6N3O2S. The third kappa shape index (κ3) is 5.19. The average molecular weight is 523 g/mol. The van der Waals surface area contributed by atoms with Crippen molar-refractivity contribution >= 4 is 27.3 Å². The van der Waals surface area contributed by atoms with Gasteiger partial charge in [0.1, 0.15) is 12.0 Å². The number of nitrogens with zero attached hydrogens (tertiary/aromatic N) is 3. The van der Waals surface area contributed by atoms with E-state index in [1.165, 1.54) is 35.5 Å². The summed E-state index contributed by atoms with van der Waals surface area (Å²) in [7, 11) is -3.63. The molecule has 186 valence electrons. The minimum absolute atomic E-state index is 0.0111. The molecule has 0 radical (unpaired) electrons. The van der Waals surface area contributed by atoms with Crippen molar-refractivity contribution < 1.29 is 34.8 Å². The Balaban J connectivity index is 1.95. The number of benzene rings is 2. The first-order chi connectivity index (χ1) is 16.7. The first-order valence-corrected chi connectivity index (χ1v) is 12.0. The number of aromatic nitrogens is 2. The summed E-state index contributed by atoms with van der Waals surface area (Å²) >= 11 is 0. The van der Waals surface area contributed by atoms with Gasteiger partial charge in [0.15, 0.2) is 9.84 Å². The van der Waals surface area contributed by atoms with Crippen molar-refractivity contribution in [2.24, 2.45) is 4.99 Å². The molecule has 1 aliphatic rings. The molecule has 3 aromatic rings. The van der Waals surface area contributed by atoms with Crippen molar-refractivity contribution in [3.05, 3.63) is 89.7 Å². The molecule has 0 amide bonds. The van der Waals surface area contributed by atoms with Crippen molar-refractivity contribution in [1.29, 1.82) is 0 Å². The lowest BCUT2D eigenvalue weighted by Gasteiger charge is -2.15. The van der Waals surface area contributed by atoms with E-state index in [4.69, 9.17) is 0 Å². The number of imidazole rings is 1. The average Bonchev–Trinajstić information content (AvgIpc) is 3.15. The number of halogens is 6. The molecule has 0 saturated carbocycles. The summed E-state index contributed by atoms with van der Waals surface area (Å²) < 4.78 is 106. The van der Waals surface area contributed by atoms with Crippen LogP contribution in [0.2, 0.25) is 0 Å². The summed E-state index contributed by atoms with van der Waals surface area (Å²) in [6, 6.07) is 7.34. The van der Waals surface area contributed by atoms with E-state index in [1.807, 2.05) is 0 Å². The fraction of sp³-hybridized carbons (Fsp3) is 0.125. The molecule has 4 rings (SSSR count).